The summed E-state index contributed by atoms with van der Waals surface area (Å²) in [7, 11) is 0. The zero-order valence-corrected chi connectivity index (χ0v) is 8.48. The molecule has 0 spiro atoms. The van der Waals surface area contributed by atoms with Crippen molar-refractivity contribution in [2.45, 2.75) is 33.0 Å². The summed E-state index contributed by atoms with van der Waals surface area (Å²) in [6.45, 7) is 5.39. The first kappa shape index (κ1) is 10.8. The molecule has 0 amide bonds. The zero-order chi connectivity index (χ0) is 10.7. The lowest BCUT2D eigenvalue weighted by Gasteiger charge is -2.17. The maximum atomic E-state index is 11.3. The fourth-order valence-corrected chi connectivity index (χ4v) is 1.37. The fourth-order valence-electron chi connectivity index (χ4n) is 1.37. The van der Waals surface area contributed by atoms with Crippen LogP contribution in [0.3, 0.4) is 0 Å². The fraction of sp³-hybridized carbons (Fsp3) is 0.778. The van der Waals surface area contributed by atoms with Crippen LogP contribution in [0.1, 0.15) is 20.8 Å². The number of esters is 1. The minimum atomic E-state index is -0.723. The van der Waals surface area contributed by atoms with Crippen LogP contribution in [0.4, 0.5) is 4.79 Å². The molecule has 0 bridgehead atoms. The van der Waals surface area contributed by atoms with Gasteiger partial charge >= 0.3 is 12.1 Å². The molecule has 1 aliphatic rings. The van der Waals surface area contributed by atoms with Crippen LogP contribution >= 0.6 is 0 Å². The van der Waals surface area contributed by atoms with Crippen LogP contribution in [0, 0.1) is 5.92 Å². The molecule has 3 atom stereocenters. The van der Waals surface area contributed by atoms with E-state index in [1.54, 1.807) is 20.8 Å². The second-order valence-corrected chi connectivity index (χ2v) is 3.20. The molecule has 5 nitrogen and oxygen atoms in total. The van der Waals surface area contributed by atoms with E-state index in [-0.39, 0.29) is 5.97 Å². The van der Waals surface area contributed by atoms with Gasteiger partial charge in [0, 0.05) is 0 Å². The van der Waals surface area contributed by atoms with Gasteiger partial charge in [-0.1, -0.05) is 0 Å². The third-order valence-corrected chi connectivity index (χ3v) is 2.13. The number of carbonyl (C=O) groups excluding carboxylic acids is 2. The maximum Gasteiger partial charge on any atom is 0.509 e. The van der Waals surface area contributed by atoms with Crippen molar-refractivity contribution in [1.29, 1.82) is 0 Å². The van der Waals surface area contributed by atoms with Gasteiger partial charge in [0.1, 0.15) is 6.10 Å². The molecule has 5 heteroatoms. The molecule has 80 valence electrons. The normalized spacial score (nSPS) is 27.8. The predicted molar refractivity (Wildman–Crippen MR) is 46.6 cm³/mol. The Morgan fingerprint density at radius 1 is 1.57 bits per heavy atom. The first-order chi connectivity index (χ1) is 6.56. The summed E-state index contributed by atoms with van der Waals surface area (Å²) in [5.74, 6) is -0.862. The minimum absolute atomic E-state index is 0.319. The van der Waals surface area contributed by atoms with Crippen molar-refractivity contribution in [3.63, 3.8) is 0 Å². The molecule has 1 saturated heterocycles. The summed E-state index contributed by atoms with van der Waals surface area (Å²) < 4.78 is 14.4. The van der Waals surface area contributed by atoms with Crippen molar-refractivity contribution in [1.82, 2.24) is 0 Å². The number of hydrogen-bond donors (Lipinski definition) is 0. The number of hydrogen-bond acceptors (Lipinski definition) is 5. The van der Waals surface area contributed by atoms with E-state index in [2.05, 4.69) is 0 Å². The molecule has 1 fully saturated rings. The number of cyclic esters (lactones) is 2. The van der Waals surface area contributed by atoms with Gasteiger partial charge in [-0.25, -0.2) is 4.79 Å². The van der Waals surface area contributed by atoms with Crippen molar-refractivity contribution in [2.24, 2.45) is 5.92 Å². The first-order valence-electron chi connectivity index (χ1n) is 4.60. The van der Waals surface area contributed by atoms with E-state index >= 15 is 0 Å². The summed E-state index contributed by atoms with van der Waals surface area (Å²) in [6, 6.07) is 0. The molecular weight excluding hydrogens is 188 g/mol. The van der Waals surface area contributed by atoms with Gasteiger partial charge in [-0.15, -0.1) is 0 Å². The highest BCUT2D eigenvalue weighted by atomic mass is 16.8. The van der Waals surface area contributed by atoms with Crippen LogP contribution in [0.15, 0.2) is 0 Å². The third-order valence-electron chi connectivity index (χ3n) is 2.13. The molecule has 0 radical (unpaired) electrons. The molecule has 0 N–H and O–H groups in total. The van der Waals surface area contributed by atoms with Gasteiger partial charge in [0.05, 0.1) is 12.5 Å². The zero-order valence-electron chi connectivity index (χ0n) is 8.48. The van der Waals surface area contributed by atoms with Crippen molar-refractivity contribution < 1.29 is 23.8 Å². The first-order valence-corrected chi connectivity index (χ1v) is 4.60. The smallest absolute Gasteiger partial charge is 0.466 e. The topological polar surface area (TPSA) is 61.8 Å². The Balaban J connectivity index is 2.56. The summed E-state index contributed by atoms with van der Waals surface area (Å²) in [6.07, 6.45) is -1.66. The molecular formula is C9H14O5. The standard InChI is InChI=1S/C9H14O5/c1-4-12-8(10)5(2)7-6(3)13-9(11)14-7/h5-7H,4H2,1-3H3/t5-,6+,7+/m1/s1. The number of carbonyl (C=O) groups is 2. The van der Waals surface area contributed by atoms with Crippen LogP contribution in [0.25, 0.3) is 0 Å². The molecule has 0 saturated carbocycles. The van der Waals surface area contributed by atoms with Gasteiger partial charge in [0.2, 0.25) is 0 Å². The Morgan fingerprint density at radius 3 is 2.64 bits per heavy atom. The predicted octanol–water partition coefficient (Wildman–Crippen LogP) is 1.11. The van der Waals surface area contributed by atoms with E-state index in [9.17, 15) is 9.59 Å². The molecule has 0 aromatic heterocycles. The van der Waals surface area contributed by atoms with E-state index < -0.39 is 24.3 Å². The summed E-state index contributed by atoms with van der Waals surface area (Å²) in [5, 5.41) is 0. The molecule has 1 aliphatic heterocycles. The monoisotopic (exact) mass is 202 g/mol. The van der Waals surface area contributed by atoms with Gasteiger partial charge in [-0.2, -0.15) is 0 Å². The van der Waals surface area contributed by atoms with Crippen molar-refractivity contribution in [2.75, 3.05) is 6.61 Å². The Bertz CT molecular complexity index is 237. The SMILES string of the molecule is CCOC(=O)[C@H](C)[C@@H]1OC(=O)O[C@H]1C. The van der Waals surface area contributed by atoms with E-state index in [0.717, 1.165) is 0 Å². The molecule has 0 aromatic carbocycles. The van der Waals surface area contributed by atoms with Crippen LogP contribution in [-0.2, 0) is 19.0 Å². The van der Waals surface area contributed by atoms with Crippen molar-refractivity contribution in [3.8, 4) is 0 Å². The summed E-state index contributed by atoms with van der Waals surface area (Å²) >= 11 is 0. The van der Waals surface area contributed by atoms with Crippen molar-refractivity contribution >= 4 is 12.1 Å². The van der Waals surface area contributed by atoms with E-state index in [4.69, 9.17) is 14.2 Å². The van der Waals surface area contributed by atoms with Crippen molar-refractivity contribution in [3.05, 3.63) is 0 Å². The highest BCUT2D eigenvalue weighted by Gasteiger charge is 2.40. The Labute approximate surface area is 82.3 Å². The highest BCUT2D eigenvalue weighted by Crippen LogP contribution is 2.22. The lowest BCUT2D eigenvalue weighted by atomic mass is 10.0. The van der Waals surface area contributed by atoms with E-state index in [1.165, 1.54) is 0 Å². The van der Waals surface area contributed by atoms with Gasteiger partial charge in [0.15, 0.2) is 6.10 Å². The van der Waals surface area contributed by atoms with E-state index in [1.807, 2.05) is 0 Å². The minimum Gasteiger partial charge on any atom is -0.466 e. The van der Waals surface area contributed by atoms with Gasteiger partial charge in [-0.3, -0.25) is 4.79 Å². The lowest BCUT2D eigenvalue weighted by molar-refractivity contribution is -0.151. The lowest BCUT2D eigenvalue weighted by Crippen LogP contribution is -2.33. The summed E-state index contributed by atoms with van der Waals surface area (Å²) in [5.41, 5.74) is 0. The molecule has 0 unspecified atom stereocenters. The largest absolute Gasteiger partial charge is 0.509 e. The number of rotatable bonds is 3. The molecule has 0 aromatic rings. The van der Waals surface area contributed by atoms with Gasteiger partial charge < -0.3 is 14.2 Å². The quantitative estimate of drug-likeness (QED) is 0.641. The Hall–Kier alpha value is -1.26. The molecule has 14 heavy (non-hydrogen) atoms. The van der Waals surface area contributed by atoms with Crippen LogP contribution in [-0.4, -0.2) is 30.9 Å². The van der Waals surface area contributed by atoms with Crippen LogP contribution < -0.4 is 0 Å². The molecule has 1 rings (SSSR count). The molecule has 0 aliphatic carbocycles. The summed E-state index contributed by atoms with van der Waals surface area (Å²) in [4.78, 5) is 22.1. The van der Waals surface area contributed by atoms with Crippen LogP contribution in [0.2, 0.25) is 0 Å². The maximum absolute atomic E-state index is 11.3. The second-order valence-electron chi connectivity index (χ2n) is 3.20. The number of ether oxygens (including phenoxy) is 3. The average molecular weight is 202 g/mol. The van der Waals surface area contributed by atoms with E-state index in [0.29, 0.717) is 6.61 Å². The Morgan fingerprint density at radius 2 is 2.21 bits per heavy atom. The third kappa shape index (κ3) is 2.16. The Kier molecular flexibility index (Phi) is 3.33. The van der Waals surface area contributed by atoms with Gasteiger partial charge in [-0.05, 0) is 20.8 Å². The highest BCUT2D eigenvalue weighted by molar-refractivity contribution is 5.74. The van der Waals surface area contributed by atoms with Gasteiger partial charge in [0.25, 0.3) is 0 Å². The molecule has 1 heterocycles. The second kappa shape index (κ2) is 4.30. The average Bonchev–Trinajstić information content (AvgIpc) is 2.44. The van der Waals surface area contributed by atoms with Crippen LogP contribution in [0.5, 0.6) is 0 Å².